The molecule has 0 amide bonds. The number of aliphatic imine (C=N–C) groups is 1. The second kappa shape index (κ2) is 10.5. The highest BCUT2D eigenvalue weighted by atomic mass is 16.5. The van der Waals surface area contributed by atoms with Crippen LogP contribution in [-0.4, -0.2) is 74.4 Å². The first-order chi connectivity index (χ1) is 15.0. The van der Waals surface area contributed by atoms with Crippen LogP contribution >= 0.6 is 0 Å². The van der Waals surface area contributed by atoms with Crippen molar-refractivity contribution >= 4 is 5.96 Å². The summed E-state index contributed by atoms with van der Waals surface area (Å²) in [6.07, 6.45) is 1.56. The smallest absolute Gasteiger partial charge is 0.194 e. The maximum atomic E-state index is 10.7. The van der Waals surface area contributed by atoms with Gasteiger partial charge in [-0.15, -0.1) is 0 Å². The highest BCUT2D eigenvalue weighted by Crippen LogP contribution is 2.26. The van der Waals surface area contributed by atoms with Crippen molar-refractivity contribution in [2.45, 2.75) is 26.0 Å². The van der Waals surface area contributed by atoms with Gasteiger partial charge in [0.1, 0.15) is 22.9 Å². The summed E-state index contributed by atoms with van der Waals surface area (Å²) >= 11 is 0. The molecule has 0 spiro atoms. The van der Waals surface area contributed by atoms with Gasteiger partial charge < -0.3 is 29.2 Å². The highest BCUT2D eigenvalue weighted by Gasteiger charge is 2.27. The summed E-state index contributed by atoms with van der Waals surface area (Å²) in [5, 5.41) is 14.1. The SMILES string of the molecule is CCNC(=NCC(C)(O)c1ccco1)N1CCN(Cc2cc(OC)ccc2OC)CC1. The largest absolute Gasteiger partial charge is 0.497 e. The zero-order valence-corrected chi connectivity index (χ0v) is 18.9. The van der Waals surface area contributed by atoms with Crippen LogP contribution in [0.3, 0.4) is 0 Å². The fourth-order valence-electron chi connectivity index (χ4n) is 3.68. The van der Waals surface area contributed by atoms with Crippen LogP contribution in [0.25, 0.3) is 0 Å². The third-order valence-corrected chi connectivity index (χ3v) is 5.48. The number of nitrogens with zero attached hydrogens (tertiary/aromatic N) is 3. The average Bonchev–Trinajstić information content (AvgIpc) is 3.33. The van der Waals surface area contributed by atoms with Crippen LogP contribution in [0.15, 0.2) is 46.0 Å². The summed E-state index contributed by atoms with van der Waals surface area (Å²) in [4.78, 5) is 9.33. The molecule has 0 aliphatic carbocycles. The molecule has 2 heterocycles. The third-order valence-electron chi connectivity index (χ3n) is 5.48. The summed E-state index contributed by atoms with van der Waals surface area (Å²) in [5.41, 5.74) is -0.0279. The van der Waals surface area contributed by atoms with Crippen LogP contribution in [0, 0.1) is 0 Å². The Kier molecular flexibility index (Phi) is 7.81. The average molecular weight is 431 g/mol. The van der Waals surface area contributed by atoms with Crippen molar-refractivity contribution in [2.24, 2.45) is 4.99 Å². The number of furan rings is 1. The van der Waals surface area contributed by atoms with Crippen LogP contribution in [0.1, 0.15) is 25.2 Å². The maximum absolute atomic E-state index is 10.7. The van der Waals surface area contributed by atoms with E-state index in [0.717, 1.165) is 62.3 Å². The molecule has 1 aromatic carbocycles. The first-order valence-electron chi connectivity index (χ1n) is 10.7. The van der Waals surface area contributed by atoms with Crippen molar-refractivity contribution in [3.63, 3.8) is 0 Å². The number of rotatable bonds is 8. The third kappa shape index (κ3) is 5.92. The van der Waals surface area contributed by atoms with Crippen LogP contribution < -0.4 is 14.8 Å². The van der Waals surface area contributed by atoms with Gasteiger partial charge in [-0.1, -0.05) is 0 Å². The number of piperazine rings is 1. The number of nitrogens with one attached hydrogen (secondary N) is 1. The molecular formula is C23H34N4O4. The molecule has 1 aromatic heterocycles. The quantitative estimate of drug-likeness (QED) is 0.491. The van der Waals surface area contributed by atoms with E-state index >= 15 is 0 Å². The monoisotopic (exact) mass is 430 g/mol. The second-order valence-electron chi connectivity index (χ2n) is 7.86. The lowest BCUT2D eigenvalue weighted by atomic mass is 10.0. The Balaban J connectivity index is 1.61. The van der Waals surface area contributed by atoms with Gasteiger partial charge in [-0.05, 0) is 44.2 Å². The standard InChI is InChI=1S/C23H34N4O4/c1-5-24-22(25-17-23(2,28)21-7-6-14-31-21)27-12-10-26(11-13-27)16-18-15-19(29-3)8-9-20(18)30-4/h6-9,14-15,28H,5,10-13,16-17H2,1-4H3,(H,24,25). The van der Waals surface area contributed by atoms with Crippen LogP contribution in [-0.2, 0) is 12.1 Å². The van der Waals surface area contributed by atoms with Gasteiger partial charge in [-0.2, -0.15) is 0 Å². The van der Waals surface area contributed by atoms with Crippen molar-refractivity contribution in [2.75, 3.05) is 53.5 Å². The Hall–Kier alpha value is -2.71. The van der Waals surface area contributed by atoms with Crippen LogP contribution in [0.2, 0.25) is 0 Å². The van der Waals surface area contributed by atoms with E-state index in [1.807, 2.05) is 25.1 Å². The summed E-state index contributed by atoms with van der Waals surface area (Å²) in [7, 11) is 3.37. The summed E-state index contributed by atoms with van der Waals surface area (Å²) < 4.78 is 16.2. The molecule has 2 N–H and O–H groups in total. The lowest BCUT2D eigenvalue weighted by molar-refractivity contribution is 0.0433. The van der Waals surface area contributed by atoms with Gasteiger partial charge in [0.05, 0.1) is 27.0 Å². The van der Waals surface area contributed by atoms with E-state index in [4.69, 9.17) is 18.9 Å². The predicted molar refractivity (Wildman–Crippen MR) is 121 cm³/mol. The topological polar surface area (TPSA) is 82.7 Å². The van der Waals surface area contributed by atoms with Crippen molar-refractivity contribution in [1.82, 2.24) is 15.1 Å². The molecule has 1 aliphatic heterocycles. The van der Waals surface area contributed by atoms with E-state index < -0.39 is 5.60 Å². The normalized spacial score (nSPS) is 17.3. The minimum absolute atomic E-state index is 0.226. The van der Waals surface area contributed by atoms with E-state index in [2.05, 4.69) is 15.1 Å². The minimum Gasteiger partial charge on any atom is -0.497 e. The maximum Gasteiger partial charge on any atom is 0.194 e. The Morgan fingerprint density at radius 3 is 2.58 bits per heavy atom. The summed E-state index contributed by atoms with van der Waals surface area (Å²) in [5.74, 6) is 3.04. The van der Waals surface area contributed by atoms with Crippen molar-refractivity contribution in [3.05, 3.63) is 47.9 Å². The van der Waals surface area contributed by atoms with Gasteiger partial charge in [-0.25, -0.2) is 4.99 Å². The molecule has 8 heteroatoms. The molecule has 1 saturated heterocycles. The first-order valence-corrected chi connectivity index (χ1v) is 10.7. The first kappa shape index (κ1) is 23.0. The lowest BCUT2D eigenvalue weighted by Crippen LogP contribution is -2.52. The van der Waals surface area contributed by atoms with E-state index in [9.17, 15) is 5.11 Å². The molecule has 0 bridgehead atoms. The van der Waals surface area contributed by atoms with E-state index in [0.29, 0.717) is 5.76 Å². The number of ether oxygens (including phenoxy) is 2. The Bertz CT molecular complexity index is 843. The molecule has 1 unspecified atom stereocenters. The molecule has 1 fully saturated rings. The summed E-state index contributed by atoms with van der Waals surface area (Å²) in [6.45, 7) is 9.06. The Morgan fingerprint density at radius 1 is 1.19 bits per heavy atom. The van der Waals surface area contributed by atoms with Crippen molar-refractivity contribution in [3.8, 4) is 11.5 Å². The molecule has 31 heavy (non-hydrogen) atoms. The Morgan fingerprint density at radius 2 is 1.97 bits per heavy atom. The number of benzene rings is 1. The van der Waals surface area contributed by atoms with Gasteiger partial charge in [0, 0.05) is 44.8 Å². The molecule has 1 atom stereocenters. The van der Waals surface area contributed by atoms with Crippen LogP contribution in [0.4, 0.5) is 0 Å². The molecule has 0 saturated carbocycles. The van der Waals surface area contributed by atoms with E-state index in [1.165, 1.54) is 0 Å². The molecule has 3 rings (SSSR count). The van der Waals surface area contributed by atoms with Gasteiger partial charge in [-0.3, -0.25) is 4.90 Å². The number of methoxy groups -OCH3 is 2. The van der Waals surface area contributed by atoms with Crippen molar-refractivity contribution in [1.29, 1.82) is 0 Å². The number of aliphatic hydroxyl groups is 1. The molecule has 0 radical (unpaired) electrons. The lowest BCUT2D eigenvalue weighted by Gasteiger charge is -2.37. The molecular weight excluding hydrogens is 396 g/mol. The minimum atomic E-state index is -1.14. The fraction of sp³-hybridized carbons (Fsp3) is 0.522. The summed E-state index contributed by atoms with van der Waals surface area (Å²) in [6, 6.07) is 9.44. The van der Waals surface area contributed by atoms with Crippen LogP contribution in [0.5, 0.6) is 11.5 Å². The van der Waals surface area contributed by atoms with Crippen molar-refractivity contribution < 1.29 is 19.0 Å². The molecule has 2 aromatic rings. The molecule has 1 aliphatic rings. The molecule has 8 nitrogen and oxygen atoms in total. The van der Waals surface area contributed by atoms with E-state index in [1.54, 1.807) is 39.5 Å². The van der Waals surface area contributed by atoms with Gasteiger partial charge >= 0.3 is 0 Å². The highest BCUT2D eigenvalue weighted by molar-refractivity contribution is 5.80. The number of hydrogen-bond acceptors (Lipinski definition) is 6. The van der Waals surface area contributed by atoms with Gasteiger partial charge in [0.15, 0.2) is 5.96 Å². The number of guanidine groups is 1. The number of hydrogen-bond donors (Lipinski definition) is 2. The zero-order valence-electron chi connectivity index (χ0n) is 18.9. The predicted octanol–water partition coefficient (Wildman–Crippen LogP) is 2.29. The Labute approximate surface area is 184 Å². The second-order valence-corrected chi connectivity index (χ2v) is 7.86. The van der Waals surface area contributed by atoms with Gasteiger partial charge in [0.2, 0.25) is 0 Å². The van der Waals surface area contributed by atoms with Gasteiger partial charge in [0.25, 0.3) is 0 Å². The fourth-order valence-corrected chi connectivity index (χ4v) is 3.68. The van der Waals surface area contributed by atoms with E-state index in [-0.39, 0.29) is 6.54 Å². The molecule has 170 valence electrons. The zero-order chi connectivity index (χ0) is 22.3.